The molecule has 17 heteroatoms. The Morgan fingerprint density at radius 3 is 2.48 bits per heavy atom. The number of primary amides is 1. The van der Waals surface area contributed by atoms with E-state index in [0.717, 1.165) is 43.1 Å². The number of amides is 4. The van der Waals surface area contributed by atoms with Gasteiger partial charge in [0.05, 0.1) is 29.5 Å². The number of aliphatic hydroxyl groups is 1. The third-order valence-electron chi connectivity index (χ3n) is 11.9. The molecule has 4 atom stereocenters. The summed E-state index contributed by atoms with van der Waals surface area (Å²) in [5.74, 6) is -3.73. The van der Waals surface area contributed by atoms with E-state index in [0.29, 0.717) is 36.2 Å². The summed E-state index contributed by atoms with van der Waals surface area (Å²) in [5, 5.41) is 25.4. The van der Waals surface area contributed by atoms with E-state index in [4.69, 9.17) is 10.5 Å². The number of alkyl carbamates (subject to hydrolysis) is 1. The van der Waals surface area contributed by atoms with Gasteiger partial charge in [-0.15, -0.1) is 5.10 Å². The summed E-state index contributed by atoms with van der Waals surface area (Å²) < 4.78 is 6.77. The Morgan fingerprint density at radius 1 is 0.968 bits per heavy atom. The number of ether oxygens (including phenoxy) is 1. The predicted molar refractivity (Wildman–Crippen MR) is 227 cm³/mol. The Hall–Kier alpha value is -6.10. The number of hydrogen-bond donors (Lipinski definition) is 4. The molecule has 330 valence electrons. The maximum absolute atomic E-state index is 14.9. The molecule has 1 saturated carbocycles. The number of benzene rings is 1. The molecule has 1 aromatic carbocycles. The van der Waals surface area contributed by atoms with E-state index in [9.17, 15) is 33.9 Å². The Labute approximate surface area is 360 Å². The summed E-state index contributed by atoms with van der Waals surface area (Å²) in [6, 6.07) is 11.4. The van der Waals surface area contributed by atoms with Gasteiger partial charge in [-0.2, -0.15) is 0 Å². The van der Waals surface area contributed by atoms with Gasteiger partial charge in [0.15, 0.2) is 5.78 Å². The quantitative estimate of drug-likeness (QED) is 0.0547. The fourth-order valence-electron chi connectivity index (χ4n) is 8.54. The van der Waals surface area contributed by atoms with E-state index >= 15 is 0 Å². The zero-order valence-electron chi connectivity index (χ0n) is 35.4. The van der Waals surface area contributed by atoms with Crippen molar-refractivity contribution in [2.75, 3.05) is 13.1 Å². The largest absolute Gasteiger partial charge is 0.445 e. The number of ketones is 2. The van der Waals surface area contributed by atoms with Crippen molar-refractivity contribution < 1.29 is 38.6 Å². The second kappa shape index (κ2) is 21.1. The van der Waals surface area contributed by atoms with Gasteiger partial charge in [0, 0.05) is 49.6 Å². The molecule has 1 aliphatic carbocycles. The molecule has 4 amide bonds. The molecular weight excluding hydrogens is 795 g/mol. The standard InChI is InChI=1S/C45H57N9O8/c1-45(2,61)39-26-49-52-54(39)33-24-37(42(58)51-36(40(56)41(46)57)15-9-10-21-48-44(60)62-28-30-13-7-4-8-14-30)53(27-33)43(59)31(23-29-11-5-3-6-12-29)17-19-38(55)35-18-16-32-25-47-22-20-34(32)50-35/h4,7-8,13-14,16,18,20,22,25-26,29,31,33,36-37,61H,3,5-6,9-12,15,17,19,21,23-24,27-28H2,1-2H3,(H2,46,57)(H,48,60)(H,51,58)/t31-,33+,36?,37+/m1/s1. The molecular formula is C45H57N9O8. The van der Waals surface area contributed by atoms with Crippen molar-refractivity contribution in [2.45, 2.75) is 121 Å². The van der Waals surface area contributed by atoms with Crippen LogP contribution >= 0.6 is 0 Å². The van der Waals surface area contributed by atoms with Crippen LogP contribution in [0.15, 0.2) is 67.1 Å². The fourth-order valence-corrected chi connectivity index (χ4v) is 8.54. The SMILES string of the molecule is CC(C)(O)c1cnnn1[C@H]1C[C@@H](C(=O)NC(CCCCNC(=O)OCc2ccccc2)C(=O)C(N)=O)N(C(=O)[C@H](CCC(=O)c2ccc3cnccc3n2)CC2CCCCC2)C1. The highest BCUT2D eigenvalue weighted by Gasteiger charge is 2.45. The van der Waals surface area contributed by atoms with E-state index < -0.39 is 53.3 Å². The fraction of sp³-hybridized carbons (Fsp3) is 0.511. The maximum atomic E-state index is 14.9. The van der Waals surface area contributed by atoms with Gasteiger partial charge in [-0.05, 0) is 75.6 Å². The van der Waals surface area contributed by atoms with Crippen LogP contribution in [0.1, 0.15) is 119 Å². The number of fused-ring (bicyclic) bond motifs is 1. The predicted octanol–water partition coefficient (Wildman–Crippen LogP) is 4.48. The van der Waals surface area contributed by atoms with E-state index in [2.05, 4.69) is 30.9 Å². The van der Waals surface area contributed by atoms with Gasteiger partial charge in [0.25, 0.3) is 5.91 Å². The van der Waals surface area contributed by atoms with Gasteiger partial charge in [-0.25, -0.2) is 14.5 Å². The molecule has 3 aromatic heterocycles. The molecule has 1 unspecified atom stereocenters. The first kappa shape index (κ1) is 45.4. The van der Waals surface area contributed by atoms with Crippen LogP contribution in [0, 0.1) is 11.8 Å². The average Bonchev–Trinajstić information content (AvgIpc) is 3.96. The molecule has 1 saturated heterocycles. The van der Waals surface area contributed by atoms with Gasteiger partial charge in [-0.1, -0.05) is 67.6 Å². The molecule has 2 fully saturated rings. The number of nitrogens with one attached hydrogen (secondary N) is 2. The van der Waals surface area contributed by atoms with E-state index in [-0.39, 0.29) is 63.0 Å². The highest BCUT2D eigenvalue weighted by Crippen LogP contribution is 2.36. The highest BCUT2D eigenvalue weighted by molar-refractivity contribution is 6.37. The summed E-state index contributed by atoms with van der Waals surface area (Å²) in [6.45, 7) is 3.54. The smallest absolute Gasteiger partial charge is 0.407 e. The van der Waals surface area contributed by atoms with Crippen molar-refractivity contribution in [3.63, 3.8) is 0 Å². The Morgan fingerprint density at radius 2 is 1.74 bits per heavy atom. The molecule has 0 spiro atoms. The van der Waals surface area contributed by atoms with Gasteiger partial charge in [0.2, 0.25) is 17.6 Å². The van der Waals surface area contributed by atoms with Crippen molar-refractivity contribution in [1.82, 2.24) is 40.5 Å². The Bertz CT molecular complexity index is 2200. The molecule has 6 rings (SSSR count). The van der Waals surface area contributed by atoms with Crippen molar-refractivity contribution in [3.8, 4) is 0 Å². The third kappa shape index (κ3) is 12.0. The van der Waals surface area contributed by atoms with Crippen LogP contribution in [0.3, 0.4) is 0 Å². The second-order valence-electron chi connectivity index (χ2n) is 17.0. The zero-order chi connectivity index (χ0) is 44.2. The van der Waals surface area contributed by atoms with Crippen LogP contribution in [0.5, 0.6) is 0 Å². The molecule has 5 N–H and O–H groups in total. The van der Waals surface area contributed by atoms with Crippen LogP contribution < -0.4 is 16.4 Å². The van der Waals surface area contributed by atoms with Gasteiger partial charge in [-0.3, -0.25) is 29.0 Å². The summed E-state index contributed by atoms with van der Waals surface area (Å²) >= 11 is 0. The minimum absolute atomic E-state index is 0.0377. The molecule has 1 aliphatic heterocycles. The second-order valence-corrected chi connectivity index (χ2v) is 17.0. The molecule has 0 bridgehead atoms. The van der Waals surface area contributed by atoms with Crippen LogP contribution in [-0.2, 0) is 36.1 Å². The Balaban J connectivity index is 1.18. The minimum Gasteiger partial charge on any atom is -0.445 e. The van der Waals surface area contributed by atoms with Crippen molar-refractivity contribution in [2.24, 2.45) is 17.6 Å². The lowest BCUT2D eigenvalue weighted by Gasteiger charge is -2.32. The average molecular weight is 852 g/mol. The number of nitrogens with zero attached hydrogens (tertiary/aromatic N) is 6. The number of hydrogen-bond acceptors (Lipinski definition) is 12. The van der Waals surface area contributed by atoms with Gasteiger partial charge in [0.1, 0.15) is 23.9 Å². The van der Waals surface area contributed by atoms with Crippen molar-refractivity contribution in [3.05, 3.63) is 84.1 Å². The summed E-state index contributed by atoms with van der Waals surface area (Å²) in [5.41, 5.74) is 6.25. The summed E-state index contributed by atoms with van der Waals surface area (Å²) in [4.78, 5) is 90.7. The monoisotopic (exact) mass is 851 g/mol. The molecule has 0 radical (unpaired) electrons. The number of likely N-dealkylation sites (tertiary alicyclic amines) is 1. The number of unbranched alkanes of at least 4 members (excludes halogenated alkanes) is 1. The maximum Gasteiger partial charge on any atom is 0.407 e. The van der Waals surface area contributed by atoms with Crippen LogP contribution in [0.2, 0.25) is 0 Å². The molecule has 4 heterocycles. The number of rotatable bonds is 20. The molecule has 17 nitrogen and oxygen atoms in total. The van der Waals surface area contributed by atoms with Crippen molar-refractivity contribution in [1.29, 1.82) is 0 Å². The van der Waals surface area contributed by atoms with Crippen molar-refractivity contribution >= 4 is 46.3 Å². The number of pyridine rings is 2. The van der Waals surface area contributed by atoms with E-state index in [1.54, 1.807) is 44.4 Å². The number of nitrogens with two attached hydrogens (primary N) is 1. The Kier molecular flexibility index (Phi) is 15.5. The lowest BCUT2D eigenvalue weighted by Crippen LogP contribution is -2.53. The third-order valence-corrected chi connectivity index (χ3v) is 11.9. The number of aromatic nitrogens is 5. The van der Waals surface area contributed by atoms with Crippen LogP contribution in [0.4, 0.5) is 4.79 Å². The van der Waals surface area contributed by atoms with Gasteiger partial charge < -0.3 is 31.1 Å². The lowest BCUT2D eigenvalue weighted by atomic mass is 9.80. The minimum atomic E-state index is -1.34. The normalized spacial score (nSPS) is 17.9. The first-order valence-corrected chi connectivity index (χ1v) is 21.5. The molecule has 4 aromatic rings. The topological polar surface area (TPSA) is 242 Å². The summed E-state index contributed by atoms with van der Waals surface area (Å²) in [7, 11) is 0. The number of Topliss-reactive ketones (excluding diaryl/α,β-unsaturated/α-hetero) is 2. The molecule has 2 aliphatic rings. The molecule has 62 heavy (non-hydrogen) atoms. The summed E-state index contributed by atoms with van der Waals surface area (Å²) in [6.07, 6.45) is 10.9. The van der Waals surface area contributed by atoms with E-state index in [1.807, 2.05) is 30.3 Å². The van der Waals surface area contributed by atoms with Crippen LogP contribution in [-0.4, -0.2) is 95.5 Å². The first-order valence-electron chi connectivity index (χ1n) is 21.5. The number of carbonyl (C=O) groups is 6. The number of carbonyl (C=O) groups excluding carboxylic acids is 6. The first-order chi connectivity index (χ1) is 29.8. The zero-order valence-corrected chi connectivity index (χ0v) is 35.4. The lowest BCUT2D eigenvalue weighted by molar-refractivity contribution is -0.143. The highest BCUT2D eigenvalue weighted by atomic mass is 16.5. The van der Waals surface area contributed by atoms with E-state index in [1.165, 1.54) is 15.8 Å². The van der Waals surface area contributed by atoms with Gasteiger partial charge >= 0.3 is 6.09 Å². The van der Waals surface area contributed by atoms with Crippen LogP contribution in [0.25, 0.3) is 10.9 Å².